The van der Waals surface area contributed by atoms with Crippen molar-refractivity contribution in [2.75, 3.05) is 33.8 Å². The summed E-state index contributed by atoms with van der Waals surface area (Å²) in [4.78, 5) is 2.33. The third kappa shape index (κ3) is 3.42. The van der Waals surface area contributed by atoms with Gasteiger partial charge in [0.2, 0.25) is 0 Å². The van der Waals surface area contributed by atoms with E-state index in [0.717, 1.165) is 42.8 Å². The van der Waals surface area contributed by atoms with E-state index in [0.29, 0.717) is 6.04 Å². The molecule has 20 heavy (non-hydrogen) atoms. The Morgan fingerprint density at radius 1 is 1.55 bits per heavy atom. The quantitative estimate of drug-likeness (QED) is 0.877. The molecule has 0 saturated carbocycles. The van der Waals surface area contributed by atoms with Crippen LogP contribution in [0, 0.1) is 6.92 Å². The molecule has 1 aliphatic rings. The molecule has 2 atom stereocenters. The Labute approximate surface area is 129 Å². The first-order valence-electron chi connectivity index (χ1n) is 7.26. The lowest BCUT2D eigenvalue weighted by atomic mass is 10.0. The molecule has 2 rings (SSSR count). The predicted octanol–water partition coefficient (Wildman–Crippen LogP) is 1.44. The molecule has 1 fully saturated rings. The van der Waals surface area contributed by atoms with Crippen molar-refractivity contribution in [3.05, 3.63) is 15.9 Å². The van der Waals surface area contributed by atoms with Gasteiger partial charge in [-0.05, 0) is 43.9 Å². The van der Waals surface area contributed by atoms with Gasteiger partial charge in [0.25, 0.3) is 0 Å². The van der Waals surface area contributed by atoms with Gasteiger partial charge in [0.1, 0.15) is 0 Å². The van der Waals surface area contributed by atoms with Gasteiger partial charge < -0.3 is 15.0 Å². The highest BCUT2D eigenvalue weighted by Crippen LogP contribution is 2.23. The molecule has 1 N–H and O–H groups in total. The summed E-state index contributed by atoms with van der Waals surface area (Å²) in [5, 5.41) is 7.98. The maximum atomic E-state index is 5.94. The molecule has 0 aliphatic carbocycles. The first-order chi connectivity index (χ1) is 9.56. The number of aromatic nitrogens is 2. The number of hydrogen-bond acceptors (Lipinski definition) is 4. The molecule has 0 spiro atoms. The van der Waals surface area contributed by atoms with Gasteiger partial charge >= 0.3 is 0 Å². The largest absolute Gasteiger partial charge is 0.374 e. The molecule has 2 heterocycles. The molecule has 2 unspecified atom stereocenters. The standard InChI is InChI=1S/C14H25BrN4O/c1-5-19-12(14(15)10(2)17-19)8-11(16-3)13-9-18(4)6-7-20-13/h11,13,16H,5-9H2,1-4H3. The Morgan fingerprint density at radius 3 is 2.90 bits per heavy atom. The molecule has 1 aromatic heterocycles. The van der Waals surface area contributed by atoms with Crippen molar-refractivity contribution in [2.45, 2.75) is 39.0 Å². The van der Waals surface area contributed by atoms with Crippen LogP contribution in [0.3, 0.4) is 0 Å². The first-order valence-corrected chi connectivity index (χ1v) is 8.05. The molecule has 0 bridgehead atoms. The zero-order valence-electron chi connectivity index (χ0n) is 12.8. The van der Waals surface area contributed by atoms with Crippen LogP contribution < -0.4 is 5.32 Å². The third-order valence-corrected chi connectivity index (χ3v) is 5.01. The molecular formula is C14H25BrN4O. The zero-order chi connectivity index (χ0) is 14.7. The third-order valence-electron chi connectivity index (χ3n) is 3.98. The van der Waals surface area contributed by atoms with E-state index in [9.17, 15) is 0 Å². The zero-order valence-corrected chi connectivity index (χ0v) is 14.4. The van der Waals surface area contributed by atoms with Crippen molar-refractivity contribution in [3.63, 3.8) is 0 Å². The number of morpholine rings is 1. The second kappa shape index (κ2) is 7.02. The molecule has 0 amide bonds. The maximum absolute atomic E-state index is 5.94. The number of rotatable bonds is 5. The minimum Gasteiger partial charge on any atom is -0.374 e. The molecular weight excluding hydrogens is 320 g/mol. The van der Waals surface area contributed by atoms with Crippen LogP contribution in [-0.2, 0) is 17.7 Å². The second-order valence-corrected chi connectivity index (χ2v) is 6.23. The van der Waals surface area contributed by atoms with Crippen LogP contribution in [0.4, 0.5) is 0 Å². The van der Waals surface area contributed by atoms with Crippen LogP contribution >= 0.6 is 15.9 Å². The topological polar surface area (TPSA) is 42.3 Å². The van der Waals surface area contributed by atoms with Crippen molar-refractivity contribution in [1.82, 2.24) is 20.0 Å². The van der Waals surface area contributed by atoms with Crippen molar-refractivity contribution in [1.29, 1.82) is 0 Å². The summed E-state index contributed by atoms with van der Waals surface area (Å²) in [6.07, 6.45) is 1.15. The number of nitrogens with one attached hydrogen (secondary N) is 1. The van der Waals surface area contributed by atoms with Gasteiger partial charge in [-0.3, -0.25) is 4.68 Å². The summed E-state index contributed by atoms with van der Waals surface area (Å²) < 4.78 is 9.15. The Hall–Kier alpha value is -0.430. The van der Waals surface area contributed by atoms with E-state index in [-0.39, 0.29) is 6.10 Å². The number of aryl methyl sites for hydroxylation is 2. The van der Waals surface area contributed by atoms with Crippen LogP contribution in [0.5, 0.6) is 0 Å². The van der Waals surface area contributed by atoms with E-state index < -0.39 is 0 Å². The lowest BCUT2D eigenvalue weighted by Gasteiger charge is -2.35. The van der Waals surface area contributed by atoms with Crippen molar-refractivity contribution in [3.8, 4) is 0 Å². The molecule has 5 nitrogen and oxygen atoms in total. The van der Waals surface area contributed by atoms with Gasteiger partial charge in [-0.15, -0.1) is 0 Å². The normalized spacial score (nSPS) is 22.1. The van der Waals surface area contributed by atoms with Crippen LogP contribution in [-0.4, -0.2) is 60.6 Å². The maximum Gasteiger partial charge on any atom is 0.0858 e. The summed E-state index contributed by atoms with van der Waals surface area (Å²) in [6, 6.07) is 0.301. The Kier molecular flexibility index (Phi) is 5.60. The van der Waals surface area contributed by atoms with E-state index >= 15 is 0 Å². The van der Waals surface area contributed by atoms with E-state index in [4.69, 9.17) is 4.74 Å². The summed E-state index contributed by atoms with van der Waals surface area (Å²) in [6.45, 7) is 7.86. The minimum absolute atomic E-state index is 0.228. The van der Waals surface area contributed by atoms with Crippen LogP contribution in [0.1, 0.15) is 18.3 Å². The summed E-state index contributed by atoms with van der Waals surface area (Å²) >= 11 is 3.67. The molecule has 114 valence electrons. The fourth-order valence-corrected chi connectivity index (χ4v) is 3.19. The highest BCUT2D eigenvalue weighted by molar-refractivity contribution is 9.10. The highest BCUT2D eigenvalue weighted by Gasteiger charge is 2.28. The molecule has 1 saturated heterocycles. The SMILES string of the molecule is CCn1nc(C)c(Br)c1CC(NC)C1CN(C)CCO1. The van der Waals surface area contributed by atoms with E-state index in [1.807, 2.05) is 14.0 Å². The number of ether oxygens (including phenoxy) is 1. The Balaban J connectivity index is 2.13. The molecule has 0 radical (unpaired) electrons. The van der Waals surface area contributed by atoms with Crippen molar-refractivity contribution >= 4 is 15.9 Å². The fraction of sp³-hybridized carbons (Fsp3) is 0.786. The lowest BCUT2D eigenvalue weighted by molar-refractivity contribution is -0.0375. The molecule has 1 aromatic rings. The lowest BCUT2D eigenvalue weighted by Crippen LogP contribution is -2.51. The molecule has 1 aliphatic heterocycles. The van der Waals surface area contributed by atoms with Crippen LogP contribution in [0.15, 0.2) is 4.47 Å². The smallest absolute Gasteiger partial charge is 0.0858 e. The van der Waals surface area contributed by atoms with E-state index in [1.165, 1.54) is 5.69 Å². The van der Waals surface area contributed by atoms with E-state index in [2.05, 4.69) is 49.9 Å². The first kappa shape index (κ1) is 15.9. The average molecular weight is 345 g/mol. The number of halogens is 1. The highest BCUT2D eigenvalue weighted by atomic mass is 79.9. The van der Waals surface area contributed by atoms with E-state index in [1.54, 1.807) is 0 Å². The van der Waals surface area contributed by atoms with Gasteiger partial charge in [-0.25, -0.2) is 0 Å². The van der Waals surface area contributed by atoms with Gasteiger partial charge in [0.05, 0.1) is 28.6 Å². The molecule has 0 aromatic carbocycles. The van der Waals surface area contributed by atoms with Gasteiger partial charge in [-0.2, -0.15) is 5.10 Å². The van der Waals surface area contributed by atoms with Crippen molar-refractivity contribution in [2.24, 2.45) is 0 Å². The van der Waals surface area contributed by atoms with Gasteiger partial charge in [0.15, 0.2) is 0 Å². The van der Waals surface area contributed by atoms with Crippen LogP contribution in [0.25, 0.3) is 0 Å². The fourth-order valence-electron chi connectivity index (χ4n) is 2.75. The number of hydrogen-bond donors (Lipinski definition) is 1. The summed E-state index contributed by atoms with van der Waals surface area (Å²) in [5.74, 6) is 0. The van der Waals surface area contributed by atoms with Crippen molar-refractivity contribution < 1.29 is 4.74 Å². The van der Waals surface area contributed by atoms with Gasteiger partial charge in [0, 0.05) is 32.1 Å². The average Bonchev–Trinajstić information content (AvgIpc) is 2.71. The minimum atomic E-state index is 0.228. The monoisotopic (exact) mass is 344 g/mol. The number of likely N-dealkylation sites (N-methyl/N-ethyl adjacent to an activating group) is 2. The number of nitrogens with zero attached hydrogens (tertiary/aromatic N) is 3. The summed E-state index contributed by atoms with van der Waals surface area (Å²) in [7, 11) is 4.16. The predicted molar refractivity (Wildman–Crippen MR) is 84.1 cm³/mol. The Bertz CT molecular complexity index is 449. The van der Waals surface area contributed by atoms with Gasteiger partial charge in [-0.1, -0.05) is 0 Å². The van der Waals surface area contributed by atoms with Crippen LogP contribution in [0.2, 0.25) is 0 Å². The molecule has 6 heteroatoms. The summed E-state index contributed by atoms with van der Waals surface area (Å²) in [5.41, 5.74) is 2.31. The Morgan fingerprint density at radius 2 is 2.30 bits per heavy atom. The second-order valence-electron chi connectivity index (χ2n) is 5.43.